The molecule has 0 heterocycles. The molecule has 1 N–H and O–H groups in total. The molecule has 1 aromatic rings. The summed E-state index contributed by atoms with van der Waals surface area (Å²) in [7, 11) is 0. The van der Waals surface area contributed by atoms with Gasteiger partial charge in [0.2, 0.25) is 0 Å². The van der Waals surface area contributed by atoms with E-state index < -0.39 is 17.6 Å². The molecule has 1 aliphatic carbocycles. The highest BCUT2D eigenvalue weighted by Crippen LogP contribution is 2.33. The van der Waals surface area contributed by atoms with E-state index in [1.807, 2.05) is 0 Å². The fourth-order valence-corrected chi connectivity index (χ4v) is 2.66. The molecular weight excluding hydrogens is 270 g/mol. The van der Waals surface area contributed by atoms with Crippen molar-refractivity contribution in [1.29, 1.82) is 0 Å². The van der Waals surface area contributed by atoms with E-state index in [9.17, 15) is 17.6 Å². The van der Waals surface area contributed by atoms with Gasteiger partial charge >= 0.3 is 6.18 Å². The van der Waals surface area contributed by atoms with Crippen molar-refractivity contribution < 1.29 is 17.6 Å². The van der Waals surface area contributed by atoms with Gasteiger partial charge in [-0.15, -0.1) is 0 Å². The molecule has 1 fully saturated rings. The highest BCUT2D eigenvalue weighted by atomic mass is 19.4. The summed E-state index contributed by atoms with van der Waals surface area (Å²) in [6, 6.07) is 2.57. The Kier molecular flexibility index (Phi) is 4.55. The van der Waals surface area contributed by atoms with E-state index in [2.05, 4.69) is 12.2 Å². The number of alkyl halides is 3. The normalized spacial score (nSPS) is 24.2. The lowest BCUT2D eigenvalue weighted by Crippen LogP contribution is -2.20. The van der Waals surface area contributed by atoms with E-state index in [-0.39, 0.29) is 11.7 Å². The Morgan fingerprint density at radius 1 is 1.10 bits per heavy atom. The molecule has 0 aromatic heterocycles. The van der Waals surface area contributed by atoms with E-state index >= 15 is 0 Å². The van der Waals surface area contributed by atoms with Crippen molar-refractivity contribution in [3.05, 3.63) is 29.6 Å². The molecule has 1 aromatic carbocycles. The Bertz CT molecular complexity index is 456. The van der Waals surface area contributed by atoms with Crippen LogP contribution in [0.25, 0.3) is 0 Å². The summed E-state index contributed by atoms with van der Waals surface area (Å²) >= 11 is 0. The van der Waals surface area contributed by atoms with Crippen LogP contribution in [0.3, 0.4) is 0 Å². The zero-order chi connectivity index (χ0) is 14.8. The van der Waals surface area contributed by atoms with Gasteiger partial charge in [-0.2, -0.15) is 13.2 Å². The lowest BCUT2D eigenvalue weighted by molar-refractivity contribution is -0.137. The largest absolute Gasteiger partial charge is 0.416 e. The van der Waals surface area contributed by atoms with Crippen molar-refractivity contribution >= 4 is 5.69 Å². The Morgan fingerprint density at radius 3 is 2.55 bits per heavy atom. The number of hydrogen-bond donors (Lipinski definition) is 1. The molecule has 2 rings (SSSR count). The second-order valence-corrected chi connectivity index (χ2v) is 5.65. The van der Waals surface area contributed by atoms with Gasteiger partial charge in [0.1, 0.15) is 5.82 Å². The van der Waals surface area contributed by atoms with Gasteiger partial charge in [0, 0.05) is 6.04 Å². The molecule has 5 heteroatoms. The topological polar surface area (TPSA) is 12.0 Å². The van der Waals surface area contributed by atoms with E-state index in [0.717, 1.165) is 50.3 Å². The molecule has 0 bridgehead atoms. The summed E-state index contributed by atoms with van der Waals surface area (Å²) in [5.41, 5.74) is -0.859. The van der Waals surface area contributed by atoms with Crippen molar-refractivity contribution in [3.8, 4) is 0 Å². The van der Waals surface area contributed by atoms with Crippen molar-refractivity contribution in [1.82, 2.24) is 0 Å². The van der Waals surface area contributed by atoms with Crippen molar-refractivity contribution in [2.24, 2.45) is 5.92 Å². The van der Waals surface area contributed by atoms with Gasteiger partial charge < -0.3 is 5.32 Å². The third kappa shape index (κ3) is 3.87. The maximum absolute atomic E-state index is 13.7. The van der Waals surface area contributed by atoms with Crippen molar-refractivity contribution in [2.75, 3.05) is 5.32 Å². The van der Waals surface area contributed by atoms with E-state index in [1.54, 1.807) is 0 Å². The summed E-state index contributed by atoms with van der Waals surface area (Å²) in [4.78, 5) is 0. The van der Waals surface area contributed by atoms with Gasteiger partial charge in [-0.25, -0.2) is 4.39 Å². The number of rotatable bonds is 2. The monoisotopic (exact) mass is 289 g/mol. The van der Waals surface area contributed by atoms with Crippen LogP contribution < -0.4 is 5.32 Å². The van der Waals surface area contributed by atoms with Crippen molar-refractivity contribution in [2.45, 2.75) is 51.2 Å². The number of anilines is 1. The second-order valence-electron chi connectivity index (χ2n) is 5.65. The van der Waals surface area contributed by atoms with Crippen molar-refractivity contribution in [3.63, 3.8) is 0 Å². The smallest absolute Gasteiger partial charge is 0.380 e. The minimum absolute atomic E-state index is 0.0422. The standard InChI is InChI=1S/C15H19F4N/c1-10-3-2-4-12(7-5-10)20-14-9-11(15(17,18)19)6-8-13(14)16/h6,8-10,12,20H,2-5,7H2,1H3. The average molecular weight is 289 g/mol. The van der Waals surface area contributed by atoms with Gasteiger partial charge in [0.05, 0.1) is 11.3 Å². The quantitative estimate of drug-likeness (QED) is 0.581. The Labute approximate surface area is 116 Å². The zero-order valence-corrected chi connectivity index (χ0v) is 11.4. The van der Waals surface area contributed by atoms with Crippen LogP contribution in [0, 0.1) is 11.7 Å². The number of hydrogen-bond acceptors (Lipinski definition) is 1. The molecule has 0 spiro atoms. The second kappa shape index (κ2) is 6.02. The number of benzene rings is 1. The molecule has 2 unspecified atom stereocenters. The van der Waals surface area contributed by atoms with Crippen LogP contribution in [0.5, 0.6) is 0 Å². The molecule has 0 radical (unpaired) electrons. The molecule has 2 atom stereocenters. The molecule has 1 aliphatic rings. The molecule has 1 saturated carbocycles. The van der Waals surface area contributed by atoms with E-state index in [0.29, 0.717) is 5.92 Å². The fourth-order valence-electron chi connectivity index (χ4n) is 2.66. The molecule has 20 heavy (non-hydrogen) atoms. The van der Waals surface area contributed by atoms with Gasteiger partial charge in [0.15, 0.2) is 0 Å². The fraction of sp³-hybridized carbons (Fsp3) is 0.600. The molecule has 112 valence electrons. The van der Waals surface area contributed by atoms with Gasteiger partial charge in [-0.3, -0.25) is 0 Å². The van der Waals surface area contributed by atoms with Gasteiger partial charge in [0.25, 0.3) is 0 Å². The SMILES string of the molecule is CC1CCCC(Nc2cc(C(F)(F)F)ccc2F)CC1. The Balaban J connectivity index is 2.12. The first-order valence-corrected chi connectivity index (χ1v) is 6.99. The lowest BCUT2D eigenvalue weighted by Gasteiger charge is -2.19. The lowest BCUT2D eigenvalue weighted by atomic mass is 10.0. The van der Waals surface area contributed by atoms with Gasteiger partial charge in [-0.05, 0) is 43.4 Å². The van der Waals surface area contributed by atoms with Crippen LogP contribution in [0.15, 0.2) is 18.2 Å². The number of halogens is 4. The summed E-state index contributed by atoms with van der Waals surface area (Å²) in [5, 5.41) is 2.95. The van der Waals surface area contributed by atoms with E-state index in [4.69, 9.17) is 0 Å². The molecular formula is C15H19F4N. The Hall–Kier alpha value is -1.26. The average Bonchev–Trinajstić information content (AvgIpc) is 2.56. The minimum atomic E-state index is -4.44. The summed E-state index contributed by atoms with van der Waals surface area (Å²) < 4.78 is 51.6. The first-order chi connectivity index (χ1) is 9.36. The van der Waals surface area contributed by atoms with Crippen LogP contribution in [-0.2, 0) is 6.18 Å². The molecule has 1 nitrogen and oxygen atoms in total. The first-order valence-electron chi connectivity index (χ1n) is 6.99. The van der Waals surface area contributed by atoms with Crippen LogP contribution in [0.4, 0.5) is 23.2 Å². The Morgan fingerprint density at radius 2 is 1.85 bits per heavy atom. The summed E-state index contributed by atoms with van der Waals surface area (Å²) in [6.45, 7) is 2.17. The predicted octanol–water partition coefficient (Wildman–Crippen LogP) is 5.23. The third-order valence-electron chi connectivity index (χ3n) is 3.91. The highest BCUT2D eigenvalue weighted by Gasteiger charge is 2.31. The maximum atomic E-state index is 13.7. The van der Waals surface area contributed by atoms with Gasteiger partial charge in [-0.1, -0.05) is 19.8 Å². The maximum Gasteiger partial charge on any atom is 0.416 e. The van der Waals surface area contributed by atoms with Crippen LogP contribution in [0.1, 0.15) is 44.6 Å². The van der Waals surface area contributed by atoms with Crippen LogP contribution in [0.2, 0.25) is 0 Å². The van der Waals surface area contributed by atoms with E-state index in [1.165, 1.54) is 0 Å². The summed E-state index contributed by atoms with van der Waals surface area (Å²) in [6.07, 6.45) is 0.486. The zero-order valence-electron chi connectivity index (χ0n) is 11.4. The predicted molar refractivity (Wildman–Crippen MR) is 71.1 cm³/mol. The molecule has 0 aliphatic heterocycles. The molecule has 0 amide bonds. The number of nitrogens with one attached hydrogen (secondary N) is 1. The first kappa shape index (κ1) is 15.1. The van der Waals surface area contributed by atoms with Crippen LogP contribution >= 0.6 is 0 Å². The van der Waals surface area contributed by atoms with Crippen LogP contribution in [-0.4, -0.2) is 6.04 Å². The molecule has 0 saturated heterocycles. The minimum Gasteiger partial charge on any atom is -0.380 e. The highest BCUT2D eigenvalue weighted by molar-refractivity contribution is 5.48. The summed E-state index contributed by atoms with van der Waals surface area (Å²) in [5.74, 6) is 0.00320. The third-order valence-corrected chi connectivity index (χ3v) is 3.91.